The first-order valence-corrected chi connectivity index (χ1v) is 25.7. The molecule has 0 radical (unpaired) electrons. The molecule has 1 unspecified atom stereocenters. The number of anilines is 3. The molecule has 6 aliphatic carbocycles. The minimum absolute atomic E-state index is 0.100. The van der Waals surface area contributed by atoms with Crippen molar-refractivity contribution in [1.29, 1.82) is 0 Å². The number of fused-ring (bicyclic) bond motifs is 13. The van der Waals surface area contributed by atoms with E-state index in [1.54, 1.807) is 5.56 Å². The second kappa shape index (κ2) is 15.5. The normalized spacial score (nSPS) is 20.8. The molecule has 7 aromatic carbocycles. The molecule has 0 saturated heterocycles. The average Bonchev–Trinajstić information content (AvgIpc) is 3.92. The van der Waals surface area contributed by atoms with Gasteiger partial charge in [0.25, 0.3) is 0 Å². The molecular formula is C64H63N. The third-order valence-corrected chi connectivity index (χ3v) is 17.7. The molecule has 324 valence electrons. The maximum Gasteiger partial charge on any atom is 0.0726 e. The van der Waals surface area contributed by atoms with Crippen LogP contribution in [-0.4, -0.2) is 0 Å². The molecule has 3 saturated carbocycles. The Labute approximate surface area is 388 Å². The standard InChI is InChI=1S/C64H63N/c1-63(2)58-38-45(42-18-6-3-7-19-42)30-34-52(58)53-36-32-47(40-59(53)63)65(62-29-17-14-24-49(62)44-22-10-5-11-23-44)48-33-37-55-51-26-13-16-28-57(51)64(61(55)41-48)56-27-15-12-25-50(56)54-35-31-46(39-60(54)64)43-20-8-4-9-21-43/h12-17,24-44H,3-11,18-23H2,1-2H3. The molecule has 0 heterocycles. The van der Waals surface area contributed by atoms with Crippen molar-refractivity contribution in [3.8, 4) is 33.4 Å². The molecule has 1 spiro atoms. The van der Waals surface area contributed by atoms with Gasteiger partial charge in [-0.05, 0) is 170 Å². The van der Waals surface area contributed by atoms with E-state index in [2.05, 4.69) is 164 Å². The summed E-state index contributed by atoms with van der Waals surface area (Å²) in [6.45, 7) is 4.97. The van der Waals surface area contributed by atoms with Gasteiger partial charge in [0, 0.05) is 22.5 Å². The van der Waals surface area contributed by atoms with Crippen LogP contribution in [0.25, 0.3) is 33.4 Å². The summed E-state index contributed by atoms with van der Waals surface area (Å²) >= 11 is 0. The van der Waals surface area contributed by atoms with Crippen LogP contribution in [0.3, 0.4) is 0 Å². The number of benzene rings is 7. The van der Waals surface area contributed by atoms with Gasteiger partial charge in [-0.3, -0.25) is 0 Å². The lowest BCUT2D eigenvalue weighted by atomic mass is 9.69. The fourth-order valence-electron chi connectivity index (χ4n) is 14.4. The highest BCUT2D eigenvalue weighted by molar-refractivity contribution is 5.97. The largest absolute Gasteiger partial charge is 0.310 e. The van der Waals surface area contributed by atoms with Crippen LogP contribution in [0.5, 0.6) is 0 Å². The predicted molar refractivity (Wildman–Crippen MR) is 272 cm³/mol. The second-order valence-electron chi connectivity index (χ2n) is 21.4. The van der Waals surface area contributed by atoms with Crippen LogP contribution in [0.4, 0.5) is 17.1 Å². The van der Waals surface area contributed by atoms with Crippen LogP contribution in [0.1, 0.15) is 178 Å². The van der Waals surface area contributed by atoms with Gasteiger partial charge in [0.15, 0.2) is 0 Å². The maximum absolute atomic E-state index is 2.67. The Morgan fingerprint density at radius 3 is 1.32 bits per heavy atom. The molecule has 0 aliphatic heterocycles. The Kier molecular flexibility index (Phi) is 9.45. The van der Waals surface area contributed by atoms with Gasteiger partial charge < -0.3 is 4.90 Å². The molecule has 3 fully saturated rings. The van der Waals surface area contributed by atoms with E-state index < -0.39 is 5.41 Å². The Bertz CT molecular complexity index is 2970. The summed E-state index contributed by atoms with van der Waals surface area (Å²) < 4.78 is 0. The number of nitrogens with zero attached hydrogens (tertiary/aromatic N) is 1. The van der Waals surface area contributed by atoms with Crippen molar-refractivity contribution in [2.45, 2.75) is 139 Å². The minimum atomic E-state index is -0.398. The summed E-state index contributed by atoms with van der Waals surface area (Å²) in [7, 11) is 0. The molecule has 0 bridgehead atoms. The van der Waals surface area contributed by atoms with Gasteiger partial charge in [0.2, 0.25) is 0 Å². The van der Waals surface area contributed by atoms with Gasteiger partial charge in [-0.1, -0.05) is 187 Å². The molecule has 1 nitrogen and oxygen atoms in total. The second-order valence-corrected chi connectivity index (χ2v) is 21.4. The average molecular weight is 846 g/mol. The zero-order chi connectivity index (χ0) is 43.3. The van der Waals surface area contributed by atoms with Crippen LogP contribution in [0.2, 0.25) is 0 Å². The van der Waals surface area contributed by atoms with Crippen LogP contribution < -0.4 is 4.90 Å². The van der Waals surface area contributed by atoms with E-state index in [9.17, 15) is 0 Å². The zero-order valence-electron chi connectivity index (χ0n) is 38.6. The predicted octanol–water partition coefficient (Wildman–Crippen LogP) is 17.9. The van der Waals surface area contributed by atoms with E-state index in [1.165, 1.54) is 191 Å². The first-order valence-electron chi connectivity index (χ1n) is 25.7. The van der Waals surface area contributed by atoms with Gasteiger partial charge in [0.05, 0.1) is 5.41 Å². The summed E-state index contributed by atoms with van der Waals surface area (Å²) in [4.78, 5) is 2.67. The van der Waals surface area contributed by atoms with Crippen molar-refractivity contribution in [3.05, 3.63) is 196 Å². The summed E-state index contributed by atoms with van der Waals surface area (Å²) in [5.74, 6) is 1.90. The summed E-state index contributed by atoms with van der Waals surface area (Å²) in [6, 6.07) is 58.5. The Balaban J connectivity index is 1.02. The topological polar surface area (TPSA) is 3.24 Å². The first-order chi connectivity index (χ1) is 32.0. The highest BCUT2D eigenvalue weighted by Crippen LogP contribution is 2.64. The number of hydrogen-bond acceptors (Lipinski definition) is 1. The lowest BCUT2D eigenvalue weighted by Gasteiger charge is -2.34. The lowest BCUT2D eigenvalue weighted by molar-refractivity contribution is 0.443. The molecule has 13 rings (SSSR count). The Morgan fingerprint density at radius 2 is 0.754 bits per heavy atom. The van der Waals surface area contributed by atoms with Crippen LogP contribution >= 0.6 is 0 Å². The van der Waals surface area contributed by atoms with Crippen LogP contribution in [0, 0.1) is 0 Å². The zero-order valence-corrected chi connectivity index (χ0v) is 38.6. The fraction of sp³-hybridized carbons (Fsp3) is 0.344. The quantitative estimate of drug-likeness (QED) is 0.161. The van der Waals surface area contributed by atoms with Gasteiger partial charge in [-0.2, -0.15) is 0 Å². The van der Waals surface area contributed by atoms with E-state index in [-0.39, 0.29) is 5.41 Å². The van der Waals surface area contributed by atoms with Crippen LogP contribution in [0.15, 0.2) is 146 Å². The molecule has 0 aromatic heterocycles. The maximum atomic E-state index is 2.67. The molecule has 1 heteroatoms. The van der Waals surface area contributed by atoms with E-state index in [4.69, 9.17) is 0 Å². The molecule has 0 amide bonds. The van der Waals surface area contributed by atoms with Crippen molar-refractivity contribution in [2.24, 2.45) is 0 Å². The van der Waals surface area contributed by atoms with E-state index in [0.29, 0.717) is 17.8 Å². The van der Waals surface area contributed by atoms with Crippen molar-refractivity contribution in [2.75, 3.05) is 4.90 Å². The van der Waals surface area contributed by atoms with E-state index in [1.807, 2.05) is 0 Å². The monoisotopic (exact) mass is 845 g/mol. The molecule has 1 atom stereocenters. The summed E-state index contributed by atoms with van der Waals surface area (Å²) in [5.41, 5.74) is 25.0. The summed E-state index contributed by atoms with van der Waals surface area (Å²) in [5, 5.41) is 0. The Morgan fingerprint density at radius 1 is 0.354 bits per heavy atom. The number of para-hydroxylation sites is 1. The van der Waals surface area contributed by atoms with Crippen LogP contribution in [-0.2, 0) is 10.8 Å². The lowest BCUT2D eigenvalue weighted by Crippen LogP contribution is -2.26. The van der Waals surface area contributed by atoms with Gasteiger partial charge in [-0.25, -0.2) is 0 Å². The molecule has 0 N–H and O–H groups in total. The fourth-order valence-corrected chi connectivity index (χ4v) is 14.4. The smallest absolute Gasteiger partial charge is 0.0726 e. The van der Waals surface area contributed by atoms with E-state index >= 15 is 0 Å². The minimum Gasteiger partial charge on any atom is -0.310 e. The van der Waals surface area contributed by atoms with Crippen molar-refractivity contribution < 1.29 is 0 Å². The van der Waals surface area contributed by atoms with Gasteiger partial charge >= 0.3 is 0 Å². The van der Waals surface area contributed by atoms with Crippen molar-refractivity contribution >= 4 is 17.1 Å². The number of rotatable bonds is 6. The summed E-state index contributed by atoms with van der Waals surface area (Å²) in [6.07, 6.45) is 19.9. The molecule has 6 aliphatic rings. The van der Waals surface area contributed by atoms with Gasteiger partial charge in [-0.15, -0.1) is 0 Å². The molecular weight excluding hydrogens is 783 g/mol. The van der Waals surface area contributed by atoms with Crippen molar-refractivity contribution in [3.63, 3.8) is 0 Å². The van der Waals surface area contributed by atoms with Crippen molar-refractivity contribution in [1.82, 2.24) is 0 Å². The third-order valence-electron chi connectivity index (χ3n) is 17.7. The van der Waals surface area contributed by atoms with E-state index in [0.717, 1.165) is 0 Å². The first kappa shape index (κ1) is 39.7. The SMILES string of the molecule is CC1(C)c2cc(C3CCCCC3)ccc2-c2ccc(N(c3ccc4c(c3)C3(c5ccccc5-c5ccc(C6CCCCC6)cc53)c3ccccc3-4)c3ccccc3C3CCCCC3)cc21. The Hall–Kier alpha value is -5.66. The highest BCUT2D eigenvalue weighted by Gasteiger charge is 2.52. The third kappa shape index (κ3) is 6.02. The molecule has 65 heavy (non-hydrogen) atoms. The van der Waals surface area contributed by atoms with Gasteiger partial charge in [0.1, 0.15) is 0 Å². The molecule has 7 aromatic rings. The number of hydrogen-bond donors (Lipinski definition) is 0. The highest BCUT2D eigenvalue weighted by atomic mass is 15.1.